The van der Waals surface area contributed by atoms with Gasteiger partial charge in [-0.3, -0.25) is 0 Å². The summed E-state index contributed by atoms with van der Waals surface area (Å²) in [6.07, 6.45) is 0.811. The van der Waals surface area contributed by atoms with E-state index in [1.54, 1.807) is 0 Å². The molecule has 0 heterocycles. The number of methoxy groups -OCH3 is 1. The molecule has 0 atom stereocenters. The van der Waals surface area contributed by atoms with Crippen molar-refractivity contribution in [1.29, 1.82) is 0 Å². The van der Waals surface area contributed by atoms with Gasteiger partial charge in [0, 0.05) is 6.42 Å². The summed E-state index contributed by atoms with van der Waals surface area (Å²) in [6, 6.07) is 3.91. The molecule has 110 valence electrons. The molecule has 5 nitrogen and oxygen atoms in total. The first-order valence-electron chi connectivity index (χ1n) is 5.87. The van der Waals surface area contributed by atoms with E-state index in [9.17, 15) is 4.79 Å². The van der Waals surface area contributed by atoms with Crippen molar-refractivity contribution in [2.45, 2.75) is 19.8 Å². The van der Waals surface area contributed by atoms with Crippen LogP contribution in [0.5, 0.6) is 5.75 Å². The van der Waals surface area contributed by atoms with E-state index in [0.29, 0.717) is 18.8 Å². The molecule has 0 aliphatic heterocycles. The highest BCUT2D eigenvalue weighted by Crippen LogP contribution is 2.34. The van der Waals surface area contributed by atoms with Gasteiger partial charge in [-0.25, -0.2) is 4.79 Å². The monoisotopic (exact) mass is 407 g/mol. The van der Waals surface area contributed by atoms with Gasteiger partial charge in [0.2, 0.25) is 0 Å². The Morgan fingerprint density at radius 2 is 1.95 bits per heavy atom. The minimum atomic E-state index is -0.634. The minimum Gasteiger partial charge on any atom is -0.491 e. The van der Waals surface area contributed by atoms with E-state index < -0.39 is 5.97 Å². The second-order valence-electron chi connectivity index (χ2n) is 4.05. The minimum absolute atomic E-state index is 0.0156. The van der Waals surface area contributed by atoms with E-state index in [1.165, 1.54) is 7.11 Å². The lowest BCUT2D eigenvalue weighted by atomic mass is 10.2. The molecule has 0 amide bonds. The Morgan fingerprint density at radius 3 is 2.45 bits per heavy atom. The summed E-state index contributed by atoms with van der Waals surface area (Å²) >= 11 is 6.87. The molecule has 7 heteroatoms. The summed E-state index contributed by atoms with van der Waals surface area (Å²) in [7, 11) is 1.24. The lowest BCUT2D eigenvalue weighted by molar-refractivity contribution is -0.133. The van der Waals surface area contributed by atoms with Crippen LogP contribution in [0.1, 0.15) is 18.4 Å². The summed E-state index contributed by atoms with van der Waals surface area (Å²) in [5.41, 5.74) is 1.09. The maximum atomic E-state index is 11.2. The van der Waals surface area contributed by atoms with Crippen LogP contribution in [0.2, 0.25) is 0 Å². The standard InChI is InChI=1S/C13H15Br2NO4/c1-8-6-9(14)12(10(15)7-8)20-5-3-4-11(16-18)13(17)19-2/h6-7,18H,3-5H2,1-2H3. The summed E-state index contributed by atoms with van der Waals surface area (Å²) in [4.78, 5) is 11.2. The fraction of sp³-hybridized carbons (Fsp3) is 0.385. The number of benzene rings is 1. The summed E-state index contributed by atoms with van der Waals surface area (Å²) < 4.78 is 11.8. The number of halogens is 2. The molecular weight excluding hydrogens is 394 g/mol. The van der Waals surface area contributed by atoms with E-state index in [2.05, 4.69) is 41.8 Å². The first-order chi connectivity index (χ1) is 9.49. The molecule has 20 heavy (non-hydrogen) atoms. The van der Waals surface area contributed by atoms with E-state index in [0.717, 1.165) is 14.5 Å². The summed E-state index contributed by atoms with van der Waals surface area (Å²) in [6.45, 7) is 2.37. The molecule has 1 N–H and O–H groups in total. The average Bonchev–Trinajstić information content (AvgIpc) is 2.40. The van der Waals surface area contributed by atoms with Crippen LogP contribution in [0.25, 0.3) is 0 Å². The van der Waals surface area contributed by atoms with Crippen molar-refractivity contribution >= 4 is 43.5 Å². The van der Waals surface area contributed by atoms with Crippen molar-refractivity contribution in [3.05, 3.63) is 26.6 Å². The van der Waals surface area contributed by atoms with Gasteiger partial charge in [-0.2, -0.15) is 0 Å². The van der Waals surface area contributed by atoms with Crippen LogP contribution in [-0.2, 0) is 9.53 Å². The molecule has 1 aromatic carbocycles. The number of rotatable bonds is 6. The van der Waals surface area contributed by atoms with Gasteiger partial charge in [0.05, 0.1) is 22.7 Å². The number of carbonyl (C=O) groups excluding carboxylic acids is 1. The smallest absolute Gasteiger partial charge is 0.355 e. The third-order valence-electron chi connectivity index (χ3n) is 2.49. The maximum Gasteiger partial charge on any atom is 0.355 e. The Morgan fingerprint density at radius 1 is 1.35 bits per heavy atom. The first kappa shape index (κ1) is 17.0. The van der Waals surface area contributed by atoms with Crippen LogP contribution in [0, 0.1) is 6.92 Å². The van der Waals surface area contributed by atoms with Crippen molar-refractivity contribution in [3.8, 4) is 5.75 Å². The number of esters is 1. The van der Waals surface area contributed by atoms with Gasteiger partial charge in [0.1, 0.15) is 5.75 Å². The molecule has 0 aliphatic carbocycles. The van der Waals surface area contributed by atoms with Gasteiger partial charge in [-0.1, -0.05) is 5.16 Å². The molecule has 0 radical (unpaired) electrons. The third-order valence-corrected chi connectivity index (χ3v) is 3.67. The molecule has 1 rings (SSSR count). The number of nitrogens with zero attached hydrogens (tertiary/aromatic N) is 1. The molecule has 0 saturated carbocycles. The van der Waals surface area contributed by atoms with E-state index in [4.69, 9.17) is 9.94 Å². The van der Waals surface area contributed by atoms with Crippen molar-refractivity contribution in [3.63, 3.8) is 0 Å². The molecule has 0 saturated heterocycles. The van der Waals surface area contributed by atoms with Crippen molar-refractivity contribution in [2.24, 2.45) is 5.16 Å². The second-order valence-corrected chi connectivity index (χ2v) is 5.76. The topological polar surface area (TPSA) is 68.1 Å². The van der Waals surface area contributed by atoms with Crippen LogP contribution < -0.4 is 4.74 Å². The lowest BCUT2D eigenvalue weighted by Gasteiger charge is -2.11. The molecule has 0 spiro atoms. The number of aryl methyl sites for hydroxylation is 1. The zero-order valence-electron chi connectivity index (χ0n) is 11.2. The van der Waals surface area contributed by atoms with E-state index >= 15 is 0 Å². The summed E-state index contributed by atoms with van der Waals surface area (Å²) in [5, 5.41) is 11.6. The number of ether oxygens (including phenoxy) is 2. The van der Waals surface area contributed by atoms with E-state index in [-0.39, 0.29) is 12.1 Å². The fourth-order valence-electron chi connectivity index (χ4n) is 1.55. The number of hydrogen-bond donors (Lipinski definition) is 1. The zero-order valence-corrected chi connectivity index (χ0v) is 14.3. The summed E-state index contributed by atoms with van der Waals surface area (Å²) in [5.74, 6) is 0.0707. The Balaban J connectivity index is 2.52. The van der Waals surface area contributed by atoms with Gasteiger partial charge < -0.3 is 14.7 Å². The highest BCUT2D eigenvalue weighted by molar-refractivity contribution is 9.11. The number of hydrogen-bond acceptors (Lipinski definition) is 5. The SMILES string of the molecule is COC(=O)C(CCCOc1c(Br)cc(C)cc1Br)=NO. The maximum absolute atomic E-state index is 11.2. The lowest BCUT2D eigenvalue weighted by Crippen LogP contribution is -2.16. The Bertz CT molecular complexity index is 494. The third kappa shape index (κ3) is 4.79. The fourth-order valence-corrected chi connectivity index (χ4v) is 3.19. The second kappa shape index (κ2) is 8.26. The van der Waals surface area contributed by atoms with Crippen LogP contribution in [0.15, 0.2) is 26.2 Å². The highest BCUT2D eigenvalue weighted by atomic mass is 79.9. The van der Waals surface area contributed by atoms with Crippen molar-refractivity contribution in [2.75, 3.05) is 13.7 Å². The molecule has 0 fully saturated rings. The first-order valence-corrected chi connectivity index (χ1v) is 7.46. The highest BCUT2D eigenvalue weighted by Gasteiger charge is 2.13. The van der Waals surface area contributed by atoms with Gasteiger partial charge >= 0.3 is 5.97 Å². The van der Waals surface area contributed by atoms with Crippen molar-refractivity contribution in [1.82, 2.24) is 0 Å². The zero-order chi connectivity index (χ0) is 15.1. The predicted molar refractivity (Wildman–Crippen MR) is 82.5 cm³/mol. The van der Waals surface area contributed by atoms with Crippen LogP contribution in [0.4, 0.5) is 0 Å². The van der Waals surface area contributed by atoms with Crippen molar-refractivity contribution < 1.29 is 19.5 Å². The molecule has 0 unspecified atom stereocenters. The Hall–Kier alpha value is -1.08. The van der Waals surface area contributed by atoms with Gasteiger partial charge in [0.25, 0.3) is 0 Å². The van der Waals surface area contributed by atoms with Crippen LogP contribution >= 0.6 is 31.9 Å². The van der Waals surface area contributed by atoms with Crippen LogP contribution in [-0.4, -0.2) is 30.6 Å². The largest absolute Gasteiger partial charge is 0.491 e. The number of carbonyl (C=O) groups is 1. The van der Waals surface area contributed by atoms with Gasteiger partial charge in [-0.05, 0) is 62.9 Å². The molecule has 0 aliphatic rings. The quantitative estimate of drug-likeness (QED) is 0.256. The predicted octanol–water partition coefficient (Wildman–Crippen LogP) is 3.68. The molecule has 0 bridgehead atoms. The average molecular weight is 409 g/mol. The normalized spacial score (nSPS) is 11.3. The Labute approximate surface area is 134 Å². The molecule has 1 aromatic rings. The number of oxime groups is 1. The van der Waals surface area contributed by atoms with Gasteiger partial charge in [0.15, 0.2) is 5.71 Å². The van der Waals surface area contributed by atoms with E-state index in [1.807, 2.05) is 19.1 Å². The molecular formula is C13H15Br2NO4. The van der Waals surface area contributed by atoms with Crippen LogP contribution in [0.3, 0.4) is 0 Å². The van der Waals surface area contributed by atoms with Gasteiger partial charge in [-0.15, -0.1) is 0 Å². The molecule has 0 aromatic heterocycles. The Kier molecular flexibility index (Phi) is 7.01.